The average Bonchev–Trinajstić information content (AvgIpc) is 2.76. The maximum Gasteiger partial charge on any atom is 0.0193 e. The summed E-state index contributed by atoms with van der Waals surface area (Å²) in [7, 11) is 0. The molecule has 15 heavy (non-hydrogen) atoms. The van der Waals surface area contributed by atoms with E-state index in [1.54, 1.807) is 0 Å². The molecule has 0 amide bonds. The topological polar surface area (TPSA) is 27.3 Å². The smallest absolute Gasteiger partial charge is 0.0193 e. The molecule has 2 saturated heterocycles. The first-order valence-electron chi connectivity index (χ1n) is 6.55. The molecule has 88 valence electrons. The second-order valence-corrected chi connectivity index (χ2v) is 5.00. The van der Waals surface area contributed by atoms with Crippen LogP contribution in [-0.4, -0.2) is 50.2 Å². The minimum atomic E-state index is 0.731. The fraction of sp³-hybridized carbons (Fsp3) is 1.00. The Kier molecular flexibility index (Phi) is 4.42. The molecule has 0 radical (unpaired) electrons. The molecule has 0 bridgehead atoms. The Balaban J connectivity index is 1.61. The van der Waals surface area contributed by atoms with E-state index in [0.29, 0.717) is 0 Å². The highest BCUT2D eigenvalue weighted by Gasteiger charge is 2.22. The van der Waals surface area contributed by atoms with Crippen molar-refractivity contribution in [2.75, 3.05) is 39.3 Å². The highest BCUT2D eigenvalue weighted by molar-refractivity contribution is 4.80. The van der Waals surface area contributed by atoms with Gasteiger partial charge < -0.3 is 15.5 Å². The minimum absolute atomic E-state index is 0.731. The predicted octanol–water partition coefficient (Wildman–Crippen LogP) is 0.670. The van der Waals surface area contributed by atoms with Crippen LogP contribution in [0.25, 0.3) is 0 Å². The SMILES string of the molecule is CCN1CCC(CNC2CCCNC2)C1. The summed E-state index contributed by atoms with van der Waals surface area (Å²) in [5, 5.41) is 7.18. The van der Waals surface area contributed by atoms with Crippen LogP contribution >= 0.6 is 0 Å². The first-order chi connectivity index (χ1) is 7.38. The van der Waals surface area contributed by atoms with Gasteiger partial charge in [0.2, 0.25) is 0 Å². The molecule has 0 aliphatic carbocycles. The molecular formula is C12H25N3. The standard InChI is InChI=1S/C12H25N3/c1-2-15-7-5-11(10-15)8-14-12-4-3-6-13-9-12/h11-14H,2-10H2,1H3. The summed E-state index contributed by atoms with van der Waals surface area (Å²) >= 11 is 0. The van der Waals surface area contributed by atoms with Gasteiger partial charge in [-0.05, 0) is 51.4 Å². The second kappa shape index (κ2) is 5.83. The molecule has 2 heterocycles. The summed E-state index contributed by atoms with van der Waals surface area (Å²) in [5.41, 5.74) is 0. The van der Waals surface area contributed by atoms with Crippen molar-refractivity contribution in [1.29, 1.82) is 0 Å². The number of nitrogens with zero attached hydrogens (tertiary/aromatic N) is 1. The molecule has 2 N–H and O–H groups in total. The monoisotopic (exact) mass is 211 g/mol. The van der Waals surface area contributed by atoms with E-state index in [9.17, 15) is 0 Å². The first-order valence-corrected chi connectivity index (χ1v) is 6.55. The van der Waals surface area contributed by atoms with Crippen LogP contribution in [0.15, 0.2) is 0 Å². The van der Waals surface area contributed by atoms with Gasteiger partial charge in [-0.1, -0.05) is 6.92 Å². The lowest BCUT2D eigenvalue weighted by molar-refractivity contribution is 0.325. The fourth-order valence-electron chi connectivity index (χ4n) is 2.73. The molecule has 3 heteroatoms. The third kappa shape index (κ3) is 3.44. The van der Waals surface area contributed by atoms with Crippen LogP contribution in [0.2, 0.25) is 0 Å². The summed E-state index contributed by atoms with van der Waals surface area (Å²) < 4.78 is 0. The zero-order valence-corrected chi connectivity index (χ0v) is 9.97. The van der Waals surface area contributed by atoms with Gasteiger partial charge in [0.1, 0.15) is 0 Å². The van der Waals surface area contributed by atoms with Crippen molar-refractivity contribution in [2.45, 2.75) is 32.2 Å². The third-order valence-electron chi connectivity index (χ3n) is 3.81. The summed E-state index contributed by atoms with van der Waals surface area (Å²) in [6.45, 7) is 9.72. The molecule has 2 aliphatic heterocycles. The molecular weight excluding hydrogens is 186 g/mol. The number of hydrogen-bond donors (Lipinski definition) is 2. The lowest BCUT2D eigenvalue weighted by Crippen LogP contribution is -2.44. The highest BCUT2D eigenvalue weighted by atomic mass is 15.1. The van der Waals surface area contributed by atoms with E-state index >= 15 is 0 Å². The van der Waals surface area contributed by atoms with Crippen LogP contribution < -0.4 is 10.6 Å². The molecule has 0 spiro atoms. The van der Waals surface area contributed by atoms with Gasteiger partial charge in [-0.15, -0.1) is 0 Å². The number of nitrogens with one attached hydrogen (secondary N) is 2. The van der Waals surface area contributed by atoms with Crippen molar-refractivity contribution in [3.63, 3.8) is 0 Å². The van der Waals surface area contributed by atoms with E-state index in [2.05, 4.69) is 22.5 Å². The highest BCUT2D eigenvalue weighted by Crippen LogP contribution is 2.15. The zero-order valence-electron chi connectivity index (χ0n) is 9.97. The van der Waals surface area contributed by atoms with Crippen LogP contribution in [0.4, 0.5) is 0 Å². The Morgan fingerprint density at radius 2 is 2.33 bits per heavy atom. The number of rotatable bonds is 4. The van der Waals surface area contributed by atoms with E-state index in [1.165, 1.54) is 58.5 Å². The first kappa shape index (κ1) is 11.4. The Labute approximate surface area is 93.6 Å². The largest absolute Gasteiger partial charge is 0.315 e. The zero-order chi connectivity index (χ0) is 10.5. The van der Waals surface area contributed by atoms with Crippen LogP contribution in [0.3, 0.4) is 0 Å². The molecule has 2 aliphatic rings. The molecule has 0 aromatic heterocycles. The second-order valence-electron chi connectivity index (χ2n) is 5.00. The van der Waals surface area contributed by atoms with E-state index in [1.807, 2.05) is 0 Å². The summed E-state index contributed by atoms with van der Waals surface area (Å²) in [5.74, 6) is 0.895. The quantitative estimate of drug-likeness (QED) is 0.716. The normalized spacial score (nSPS) is 33.4. The van der Waals surface area contributed by atoms with Crippen molar-refractivity contribution >= 4 is 0 Å². The molecule has 2 atom stereocenters. The van der Waals surface area contributed by atoms with Gasteiger partial charge in [0.15, 0.2) is 0 Å². The van der Waals surface area contributed by atoms with Crippen LogP contribution in [0.5, 0.6) is 0 Å². The maximum absolute atomic E-state index is 3.72. The van der Waals surface area contributed by atoms with Crippen molar-refractivity contribution in [1.82, 2.24) is 15.5 Å². The fourth-order valence-corrected chi connectivity index (χ4v) is 2.73. The van der Waals surface area contributed by atoms with Crippen molar-refractivity contribution in [3.05, 3.63) is 0 Å². The van der Waals surface area contributed by atoms with Crippen molar-refractivity contribution in [2.24, 2.45) is 5.92 Å². The van der Waals surface area contributed by atoms with Crippen LogP contribution in [-0.2, 0) is 0 Å². The molecule has 2 fully saturated rings. The van der Waals surface area contributed by atoms with E-state index in [0.717, 1.165) is 12.0 Å². The van der Waals surface area contributed by atoms with Gasteiger partial charge in [-0.3, -0.25) is 0 Å². The van der Waals surface area contributed by atoms with E-state index in [4.69, 9.17) is 0 Å². The Hall–Kier alpha value is -0.120. The molecule has 0 aromatic carbocycles. The van der Waals surface area contributed by atoms with Gasteiger partial charge in [0.25, 0.3) is 0 Å². The van der Waals surface area contributed by atoms with Gasteiger partial charge in [-0.2, -0.15) is 0 Å². The van der Waals surface area contributed by atoms with Crippen molar-refractivity contribution in [3.8, 4) is 0 Å². The van der Waals surface area contributed by atoms with Crippen molar-refractivity contribution < 1.29 is 0 Å². The third-order valence-corrected chi connectivity index (χ3v) is 3.81. The molecule has 2 rings (SSSR count). The molecule has 2 unspecified atom stereocenters. The molecule has 0 aromatic rings. The molecule has 0 saturated carbocycles. The number of likely N-dealkylation sites (tertiary alicyclic amines) is 1. The number of hydrogen-bond acceptors (Lipinski definition) is 3. The van der Waals surface area contributed by atoms with Gasteiger partial charge >= 0.3 is 0 Å². The maximum atomic E-state index is 3.72. The van der Waals surface area contributed by atoms with Crippen LogP contribution in [0.1, 0.15) is 26.2 Å². The summed E-state index contributed by atoms with van der Waals surface area (Å²) in [4.78, 5) is 2.56. The Morgan fingerprint density at radius 3 is 3.00 bits per heavy atom. The predicted molar refractivity (Wildman–Crippen MR) is 64.1 cm³/mol. The minimum Gasteiger partial charge on any atom is -0.315 e. The lowest BCUT2D eigenvalue weighted by atomic mass is 10.1. The summed E-state index contributed by atoms with van der Waals surface area (Å²) in [6.07, 6.45) is 4.08. The number of piperidine rings is 1. The van der Waals surface area contributed by atoms with Gasteiger partial charge in [0, 0.05) is 19.1 Å². The van der Waals surface area contributed by atoms with E-state index in [-0.39, 0.29) is 0 Å². The van der Waals surface area contributed by atoms with E-state index < -0.39 is 0 Å². The lowest BCUT2D eigenvalue weighted by Gasteiger charge is -2.25. The average molecular weight is 211 g/mol. The summed E-state index contributed by atoms with van der Waals surface area (Å²) in [6, 6.07) is 0.731. The molecule has 3 nitrogen and oxygen atoms in total. The van der Waals surface area contributed by atoms with Gasteiger partial charge in [-0.25, -0.2) is 0 Å². The Bertz CT molecular complexity index is 178. The van der Waals surface area contributed by atoms with Gasteiger partial charge in [0.05, 0.1) is 0 Å². The van der Waals surface area contributed by atoms with Crippen LogP contribution in [0, 0.1) is 5.92 Å². The Morgan fingerprint density at radius 1 is 1.40 bits per heavy atom.